The van der Waals surface area contributed by atoms with Crippen molar-refractivity contribution < 1.29 is 4.52 Å². The molecule has 0 atom stereocenters. The lowest BCUT2D eigenvalue weighted by Crippen LogP contribution is -2.30. The smallest absolute Gasteiger partial charge is 0.229 e. The Labute approximate surface area is 149 Å². The minimum absolute atomic E-state index is 0.539. The standard InChI is InChI=1S/C20H26N4O/c1-2-6-17(7-3-1)8-4-11-23-12-5-13-24(15-14-23)16-19-21-20(25-22-19)18-9-10-18/h1-4,6-8,18H,5,9-16H2/b8-4+. The van der Waals surface area contributed by atoms with Gasteiger partial charge < -0.3 is 4.52 Å². The minimum Gasteiger partial charge on any atom is -0.339 e. The number of hydrogen-bond donors (Lipinski definition) is 0. The molecule has 2 aromatic rings. The molecule has 2 aliphatic rings. The van der Waals surface area contributed by atoms with E-state index in [0.29, 0.717) is 5.92 Å². The van der Waals surface area contributed by atoms with Crippen LogP contribution in [0.3, 0.4) is 0 Å². The maximum absolute atomic E-state index is 5.37. The first-order valence-corrected chi connectivity index (χ1v) is 9.35. The number of hydrogen-bond acceptors (Lipinski definition) is 5. The van der Waals surface area contributed by atoms with Gasteiger partial charge in [0.05, 0.1) is 6.54 Å². The molecule has 5 heteroatoms. The molecule has 0 unspecified atom stereocenters. The van der Waals surface area contributed by atoms with Crippen LogP contribution in [0.15, 0.2) is 40.9 Å². The Balaban J connectivity index is 1.24. The number of benzene rings is 1. The first kappa shape index (κ1) is 16.5. The summed E-state index contributed by atoms with van der Waals surface area (Å²) in [7, 11) is 0. The quantitative estimate of drug-likeness (QED) is 0.809. The van der Waals surface area contributed by atoms with Crippen molar-refractivity contribution in [3.05, 3.63) is 53.7 Å². The van der Waals surface area contributed by atoms with Crippen LogP contribution in [0.5, 0.6) is 0 Å². The topological polar surface area (TPSA) is 45.4 Å². The van der Waals surface area contributed by atoms with Crippen LogP contribution in [-0.4, -0.2) is 52.7 Å². The maximum atomic E-state index is 5.37. The van der Waals surface area contributed by atoms with Crippen LogP contribution >= 0.6 is 0 Å². The van der Waals surface area contributed by atoms with Crippen LogP contribution in [0, 0.1) is 0 Å². The highest BCUT2D eigenvalue weighted by Gasteiger charge is 2.29. The zero-order valence-corrected chi connectivity index (χ0v) is 14.7. The number of nitrogens with zero attached hydrogens (tertiary/aromatic N) is 4. The lowest BCUT2D eigenvalue weighted by atomic mass is 10.2. The molecule has 5 nitrogen and oxygen atoms in total. The molecule has 0 amide bonds. The molecule has 1 aliphatic heterocycles. The van der Waals surface area contributed by atoms with Crippen LogP contribution in [0.25, 0.3) is 6.08 Å². The van der Waals surface area contributed by atoms with Gasteiger partial charge in [-0.3, -0.25) is 9.80 Å². The second kappa shape index (κ2) is 7.93. The Kier molecular flexibility index (Phi) is 5.23. The monoisotopic (exact) mass is 338 g/mol. The van der Waals surface area contributed by atoms with Crippen molar-refractivity contribution in [1.29, 1.82) is 0 Å². The predicted octanol–water partition coefficient (Wildman–Crippen LogP) is 3.17. The van der Waals surface area contributed by atoms with E-state index < -0.39 is 0 Å². The van der Waals surface area contributed by atoms with Crippen molar-refractivity contribution in [2.24, 2.45) is 0 Å². The summed E-state index contributed by atoms with van der Waals surface area (Å²) in [5.41, 5.74) is 1.27. The Morgan fingerprint density at radius 1 is 1.04 bits per heavy atom. The lowest BCUT2D eigenvalue weighted by Gasteiger charge is -2.19. The van der Waals surface area contributed by atoms with Gasteiger partial charge in [-0.05, 0) is 37.9 Å². The van der Waals surface area contributed by atoms with Gasteiger partial charge in [-0.1, -0.05) is 47.6 Å². The molecular weight excluding hydrogens is 312 g/mol. The summed E-state index contributed by atoms with van der Waals surface area (Å²) in [5, 5.41) is 4.15. The van der Waals surface area contributed by atoms with Gasteiger partial charge in [0.2, 0.25) is 5.89 Å². The fourth-order valence-electron chi connectivity index (χ4n) is 3.29. The van der Waals surface area contributed by atoms with E-state index in [9.17, 15) is 0 Å². The van der Waals surface area contributed by atoms with Crippen molar-refractivity contribution in [3.8, 4) is 0 Å². The van der Waals surface area contributed by atoms with Crippen molar-refractivity contribution in [2.75, 3.05) is 32.7 Å². The van der Waals surface area contributed by atoms with Crippen molar-refractivity contribution in [2.45, 2.75) is 31.7 Å². The third kappa shape index (κ3) is 4.77. The molecule has 4 rings (SSSR count). The van der Waals surface area contributed by atoms with Crippen LogP contribution in [0.4, 0.5) is 0 Å². The highest BCUT2D eigenvalue weighted by atomic mass is 16.5. The van der Waals surface area contributed by atoms with Gasteiger partial charge >= 0.3 is 0 Å². The second-order valence-corrected chi connectivity index (χ2v) is 7.07. The van der Waals surface area contributed by atoms with Gasteiger partial charge in [0.25, 0.3) is 0 Å². The van der Waals surface area contributed by atoms with E-state index in [-0.39, 0.29) is 0 Å². The summed E-state index contributed by atoms with van der Waals surface area (Å²) in [6, 6.07) is 10.5. The zero-order chi connectivity index (χ0) is 16.9. The minimum atomic E-state index is 0.539. The molecule has 1 saturated carbocycles. The summed E-state index contributed by atoms with van der Waals surface area (Å²) in [4.78, 5) is 9.52. The molecule has 0 bridgehead atoms. The van der Waals surface area contributed by atoms with Gasteiger partial charge in [0.1, 0.15) is 0 Å². The molecule has 1 saturated heterocycles. The van der Waals surface area contributed by atoms with Crippen LogP contribution in [0.2, 0.25) is 0 Å². The van der Waals surface area contributed by atoms with Crippen molar-refractivity contribution >= 4 is 6.08 Å². The first-order chi connectivity index (χ1) is 12.4. The van der Waals surface area contributed by atoms with E-state index in [1.54, 1.807) is 0 Å². The average molecular weight is 338 g/mol. The summed E-state index contributed by atoms with van der Waals surface area (Å²) in [6.07, 6.45) is 8.08. The molecule has 2 heterocycles. The van der Waals surface area contributed by atoms with Crippen LogP contribution in [0.1, 0.15) is 42.5 Å². The molecule has 132 valence electrons. The summed E-state index contributed by atoms with van der Waals surface area (Å²) in [6.45, 7) is 6.22. The Bertz CT molecular complexity index is 693. The van der Waals surface area contributed by atoms with Crippen molar-refractivity contribution in [1.82, 2.24) is 19.9 Å². The molecule has 0 N–H and O–H groups in total. The van der Waals surface area contributed by atoms with E-state index in [4.69, 9.17) is 4.52 Å². The average Bonchev–Trinajstić information content (AvgIpc) is 3.42. The summed E-state index contributed by atoms with van der Waals surface area (Å²) >= 11 is 0. The van der Waals surface area contributed by atoms with E-state index in [0.717, 1.165) is 51.0 Å². The second-order valence-electron chi connectivity index (χ2n) is 7.07. The van der Waals surface area contributed by atoms with Crippen LogP contribution < -0.4 is 0 Å². The van der Waals surface area contributed by atoms with E-state index in [2.05, 4.69) is 62.4 Å². The van der Waals surface area contributed by atoms with Gasteiger partial charge in [-0.2, -0.15) is 4.98 Å². The van der Waals surface area contributed by atoms with Gasteiger partial charge in [0.15, 0.2) is 5.82 Å². The fourth-order valence-corrected chi connectivity index (χ4v) is 3.29. The molecular formula is C20H26N4O. The molecule has 1 aromatic heterocycles. The van der Waals surface area contributed by atoms with Crippen molar-refractivity contribution in [3.63, 3.8) is 0 Å². The normalized spacial score (nSPS) is 20.2. The lowest BCUT2D eigenvalue weighted by molar-refractivity contribution is 0.253. The van der Waals surface area contributed by atoms with Gasteiger partial charge in [-0.15, -0.1) is 0 Å². The van der Waals surface area contributed by atoms with E-state index in [1.165, 1.54) is 24.8 Å². The highest BCUT2D eigenvalue weighted by molar-refractivity contribution is 5.48. The molecule has 1 aromatic carbocycles. The first-order valence-electron chi connectivity index (χ1n) is 9.35. The Morgan fingerprint density at radius 2 is 1.84 bits per heavy atom. The number of rotatable bonds is 6. The van der Waals surface area contributed by atoms with E-state index in [1.807, 2.05) is 0 Å². The predicted molar refractivity (Wildman–Crippen MR) is 98.1 cm³/mol. The van der Waals surface area contributed by atoms with Gasteiger partial charge in [-0.25, -0.2) is 0 Å². The Morgan fingerprint density at radius 3 is 2.68 bits per heavy atom. The Hall–Kier alpha value is -1.98. The summed E-state index contributed by atoms with van der Waals surface area (Å²) < 4.78 is 5.37. The SMILES string of the molecule is C(=C\c1ccccc1)/CN1CCCN(Cc2noc(C3CC3)n2)CC1. The third-order valence-electron chi connectivity index (χ3n) is 4.93. The fraction of sp³-hybridized carbons (Fsp3) is 0.500. The van der Waals surface area contributed by atoms with Gasteiger partial charge in [0, 0.05) is 25.6 Å². The number of aromatic nitrogens is 2. The third-order valence-corrected chi connectivity index (χ3v) is 4.93. The van der Waals surface area contributed by atoms with E-state index >= 15 is 0 Å². The van der Waals surface area contributed by atoms with Crippen LogP contribution in [-0.2, 0) is 6.54 Å². The summed E-state index contributed by atoms with van der Waals surface area (Å²) in [5.74, 6) is 2.23. The largest absolute Gasteiger partial charge is 0.339 e. The molecule has 1 aliphatic carbocycles. The molecule has 25 heavy (non-hydrogen) atoms. The molecule has 2 fully saturated rings. The highest BCUT2D eigenvalue weighted by Crippen LogP contribution is 2.38. The zero-order valence-electron chi connectivity index (χ0n) is 14.7. The molecule has 0 radical (unpaired) electrons. The molecule has 0 spiro atoms. The maximum Gasteiger partial charge on any atom is 0.229 e.